The highest BCUT2D eigenvalue weighted by Gasteiger charge is 2.26. The molecule has 0 saturated carbocycles. The maximum atomic E-state index is 12.6. The number of nitrogens with one attached hydrogen (secondary N) is 1. The van der Waals surface area contributed by atoms with E-state index in [2.05, 4.69) is 5.32 Å². The van der Waals surface area contributed by atoms with Crippen LogP contribution in [0.25, 0.3) is 0 Å². The summed E-state index contributed by atoms with van der Waals surface area (Å²) < 4.78 is 32.1. The summed E-state index contributed by atoms with van der Waals surface area (Å²) in [5.41, 5.74) is 0.975. The van der Waals surface area contributed by atoms with Crippen molar-refractivity contribution in [2.45, 2.75) is 37.3 Å². The quantitative estimate of drug-likeness (QED) is 0.831. The Labute approximate surface area is 127 Å². The molecule has 2 rings (SSSR count). The van der Waals surface area contributed by atoms with E-state index >= 15 is 0 Å². The summed E-state index contributed by atoms with van der Waals surface area (Å²) >= 11 is 0. The minimum atomic E-state index is -3.45. The lowest BCUT2D eigenvalue weighted by molar-refractivity contribution is 0.0979. The van der Waals surface area contributed by atoms with E-state index in [1.807, 2.05) is 13.0 Å². The minimum Gasteiger partial charge on any atom is -0.377 e. The molecule has 0 spiro atoms. The number of hydrogen-bond donors (Lipinski definition) is 1. The molecule has 0 aromatic heterocycles. The van der Waals surface area contributed by atoms with Crippen molar-refractivity contribution in [2.24, 2.45) is 0 Å². The van der Waals surface area contributed by atoms with Gasteiger partial charge in [-0.1, -0.05) is 19.1 Å². The van der Waals surface area contributed by atoms with E-state index in [9.17, 15) is 8.42 Å². The summed E-state index contributed by atoms with van der Waals surface area (Å²) in [4.78, 5) is 0.346. The van der Waals surface area contributed by atoms with Gasteiger partial charge in [-0.2, -0.15) is 4.31 Å². The zero-order chi connectivity index (χ0) is 15.3. The van der Waals surface area contributed by atoms with Crippen LogP contribution in [0.1, 0.15) is 25.3 Å². The molecule has 1 saturated heterocycles. The van der Waals surface area contributed by atoms with Gasteiger partial charge < -0.3 is 10.1 Å². The van der Waals surface area contributed by atoms with Crippen LogP contribution in [0.2, 0.25) is 0 Å². The molecule has 21 heavy (non-hydrogen) atoms. The number of rotatable bonds is 7. The van der Waals surface area contributed by atoms with Gasteiger partial charge in [0.2, 0.25) is 10.0 Å². The maximum Gasteiger partial charge on any atom is 0.242 e. The summed E-state index contributed by atoms with van der Waals surface area (Å²) in [7, 11) is -1.83. The van der Waals surface area contributed by atoms with Crippen molar-refractivity contribution in [3.05, 3.63) is 29.8 Å². The number of nitrogens with zero attached hydrogens (tertiary/aromatic N) is 1. The molecule has 1 aliphatic rings. The topological polar surface area (TPSA) is 58.6 Å². The predicted molar refractivity (Wildman–Crippen MR) is 82.6 cm³/mol. The fourth-order valence-electron chi connectivity index (χ4n) is 2.44. The van der Waals surface area contributed by atoms with E-state index < -0.39 is 10.0 Å². The highest BCUT2D eigenvalue weighted by Crippen LogP contribution is 2.19. The standard InChI is InChI=1S/C15H24N2O3S/c1-3-16-11-13-6-4-8-15(10-13)21(18,19)17(2)12-14-7-5-9-20-14/h4,6,8,10,14,16H,3,5,7,9,11-12H2,1-2H3. The second-order valence-electron chi connectivity index (χ2n) is 5.35. The Morgan fingerprint density at radius 2 is 2.24 bits per heavy atom. The highest BCUT2D eigenvalue weighted by atomic mass is 32.2. The molecule has 0 aliphatic carbocycles. The van der Waals surface area contributed by atoms with Crippen LogP contribution in [0.5, 0.6) is 0 Å². The Bertz CT molecular complexity index is 554. The molecule has 0 bridgehead atoms. The van der Waals surface area contributed by atoms with E-state index in [0.29, 0.717) is 18.0 Å². The minimum absolute atomic E-state index is 0.0229. The molecule has 1 atom stereocenters. The lowest BCUT2D eigenvalue weighted by Crippen LogP contribution is -2.34. The van der Waals surface area contributed by atoms with E-state index in [-0.39, 0.29) is 6.10 Å². The Balaban J connectivity index is 2.10. The number of likely N-dealkylation sites (N-methyl/N-ethyl adjacent to an activating group) is 1. The summed E-state index contributed by atoms with van der Waals surface area (Å²) in [5.74, 6) is 0. The number of ether oxygens (including phenoxy) is 1. The Hall–Kier alpha value is -0.950. The number of benzene rings is 1. The molecule has 0 radical (unpaired) electrons. The van der Waals surface area contributed by atoms with Gasteiger partial charge in [0, 0.05) is 26.7 Å². The van der Waals surface area contributed by atoms with E-state index in [0.717, 1.165) is 31.6 Å². The third-order valence-electron chi connectivity index (χ3n) is 3.67. The second kappa shape index (κ2) is 7.35. The van der Waals surface area contributed by atoms with Gasteiger partial charge >= 0.3 is 0 Å². The van der Waals surface area contributed by atoms with Crippen molar-refractivity contribution in [3.63, 3.8) is 0 Å². The van der Waals surface area contributed by atoms with Crippen LogP contribution in [0.15, 0.2) is 29.2 Å². The first-order valence-corrected chi connectivity index (χ1v) is 8.85. The van der Waals surface area contributed by atoms with Crippen LogP contribution in [0.4, 0.5) is 0 Å². The van der Waals surface area contributed by atoms with Gasteiger partial charge in [-0.15, -0.1) is 0 Å². The Kier molecular flexibility index (Phi) is 5.75. The van der Waals surface area contributed by atoms with Crippen molar-refractivity contribution in [1.29, 1.82) is 0 Å². The average Bonchev–Trinajstić information content (AvgIpc) is 2.98. The monoisotopic (exact) mass is 312 g/mol. The largest absolute Gasteiger partial charge is 0.377 e. The number of sulfonamides is 1. The highest BCUT2D eigenvalue weighted by molar-refractivity contribution is 7.89. The van der Waals surface area contributed by atoms with Gasteiger partial charge in [-0.25, -0.2) is 8.42 Å². The molecule has 1 aliphatic heterocycles. The third-order valence-corrected chi connectivity index (χ3v) is 5.49. The first kappa shape index (κ1) is 16.4. The second-order valence-corrected chi connectivity index (χ2v) is 7.39. The zero-order valence-electron chi connectivity index (χ0n) is 12.7. The van der Waals surface area contributed by atoms with E-state index in [1.165, 1.54) is 4.31 Å². The van der Waals surface area contributed by atoms with Crippen LogP contribution in [0.3, 0.4) is 0 Å². The van der Waals surface area contributed by atoms with Crippen LogP contribution >= 0.6 is 0 Å². The van der Waals surface area contributed by atoms with Gasteiger partial charge in [-0.05, 0) is 37.1 Å². The zero-order valence-corrected chi connectivity index (χ0v) is 13.5. The number of hydrogen-bond acceptors (Lipinski definition) is 4. The van der Waals surface area contributed by atoms with E-state index in [4.69, 9.17) is 4.74 Å². The first-order valence-electron chi connectivity index (χ1n) is 7.41. The smallest absolute Gasteiger partial charge is 0.242 e. The first-order chi connectivity index (χ1) is 10.0. The molecule has 1 aromatic rings. The van der Waals surface area contributed by atoms with Crippen LogP contribution < -0.4 is 5.32 Å². The molecular formula is C15H24N2O3S. The fraction of sp³-hybridized carbons (Fsp3) is 0.600. The summed E-state index contributed by atoms with van der Waals surface area (Å²) in [5, 5.41) is 3.20. The molecule has 1 heterocycles. The molecule has 6 heteroatoms. The summed E-state index contributed by atoms with van der Waals surface area (Å²) in [6, 6.07) is 7.11. The normalized spacial score (nSPS) is 19.3. The summed E-state index contributed by atoms with van der Waals surface area (Å²) in [6.45, 7) is 4.71. The van der Waals surface area contributed by atoms with Gasteiger partial charge in [-0.3, -0.25) is 0 Å². The molecule has 118 valence electrons. The molecule has 5 nitrogen and oxygen atoms in total. The van der Waals surface area contributed by atoms with Crippen LogP contribution in [-0.4, -0.2) is 45.6 Å². The van der Waals surface area contributed by atoms with Crippen LogP contribution in [0, 0.1) is 0 Å². The lowest BCUT2D eigenvalue weighted by atomic mass is 10.2. The molecular weight excluding hydrogens is 288 g/mol. The SMILES string of the molecule is CCNCc1cccc(S(=O)(=O)N(C)CC2CCCO2)c1. The van der Waals surface area contributed by atoms with Gasteiger partial charge in [0.1, 0.15) is 0 Å². The fourth-order valence-corrected chi connectivity index (χ4v) is 3.71. The van der Waals surface area contributed by atoms with Crippen molar-refractivity contribution >= 4 is 10.0 Å². The van der Waals surface area contributed by atoms with Gasteiger partial charge in [0.05, 0.1) is 11.0 Å². The van der Waals surface area contributed by atoms with Crippen molar-refractivity contribution in [3.8, 4) is 0 Å². The van der Waals surface area contributed by atoms with Crippen molar-refractivity contribution in [1.82, 2.24) is 9.62 Å². The maximum absolute atomic E-state index is 12.6. The molecule has 1 fully saturated rings. The van der Waals surface area contributed by atoms with Crippen LogP contribution in [-0.2, 0) is 21.3 Å². The van der Waals surface area contributed by atoms with Gasteiger partial charge in [0.15, 0.2) is 0 Å². The molecule has 1 unspecified atom stereocenters. The lowest BCUT2D eigenvalue weighted by Gasteiger charge is -2.20. The van der Waals surface area contributed by atoms with Crippen molar-refractivity contribution in [2.75, 3.05) is 26.7 Å². The molecule has 1 N–H and O–H groups in total. The van der Waals surface area contributed by atoms with Gasteiger partial charge in [0.25, 0.3) is 0 Å². The average molecular weight is 312 g/mol. The summed E-state index contributed by atoms with van der Waals surface area (Å²) in [6.07, 6.45) is 1.96. The predicted octanol–water partition coefficient (Wildman–Crippen LogP) is 1.60. The Morgan fingerprint density at radius 3 is 2.90 bits per heavy atom. The van der Waals surface area contributed by atoms with E-state index in [1.54, 1.807) is 25.2 Å². The molecule has 1 aromatic carbocycles. The third kappa shape index (κ3) is 4.26. The van der Waals surface area contributed by atoms with Crippen molar-refractivity contribution < 1.29 is 13.2 Å². The Morgan fingerprint density at radius 1 is 1.43 bits per heavy atom. The molecule has 0 amide bonds.